The summed E-state index contributed by atoms with van der Waals surface area (Å²) in [6.07, 6.45) is 1.00. The van der Waals surface area contributed by atoms with Gasteiger partial charge < -0.3 is 15.0 Å². The predicted octanol–water partition coefficient (Wildman–Crippen LogP) is 3.41. The fourth-order valence-electron chi connectivity index (χ4n) is 3.48. The van der Waals surface area contributed by atoms with Gasteiger partial charge in [0.05, 0.1) is 18.8 Å². The van der Waals surface area contributed by atoms with Crippen LogP contribution in [-0.4, -0.2) is 50.1 Å². The van der Waals surface area contributed by atoms with Crippen molar-refractivity contribution in [1.82, 2.24) is 4.90 Å². The van der Waals surface area contributed by atoms with Gasteiger partial charge in [0, 0.05) is 31.9 Å². The van der Waals surface area contributed by atoms with Gasteiger partial charge in [0.1, 0.15) is 5.75 Å². The van der Waals surface area contributed by atoms with Gasteiger partial charge in [0.15, 0.2) is 0 Å². The number of piperazine rings is 1. The van der Waals surface area contributed by atoms with Gasteiger partial charge in [-0.05, 0) is 43.2 Å². The Bertz CT molecular complexity index is 752. The Morgan fingerprint density at radius 1 is 1.07 bits per heavy atom. The summed E-state index contributed by atoms with van der Waals surface area (Å²) >= 11 is 0. The van der Waals surface area contributed by atoms with E-state index in [-0.39, 0.29) is 11.9 Å². The van der Waals surface area contributed by atoms with Crippen molar-refractivity contribution in [2.45, 2.75) is 26.3 Å². The predicted molar refractivity (Wildman–Crippen MR) is 111 cm³/mol. The third-order valence-corrected chi connectivity index (χ3v) is 5.30. The highest BCUT2D eigenvalue weighted by Gasteiger charge is 2.26. The third kappa shape index (κ3) is 4.61. The first-order valence-electron chi connectivity index (χ1n) is 9.64. The Hall–Kier alpha value is -2.53. The number of anilines is 2. The lowest BCUT2D eigenvalue weighted by Crippen LogP contribution is -2.52. The molecule has 1 fully saturated rings. The van der Waals surface area contributed by atoms with Gasteiger partial charge >= 0.3 is 0 Å². The standard InChI is InChI=1S/C22H29N3O2/c1-4-18-9-11-19(12-10-18)23-22(26)17(2)24-13-15-25(16-14-24)20-7-5-6-8-21(20)27-3/h5-12,17H,4,13-16H2,1-3H3,(H,23,26). The first-order valence-corrected chi connectivity index (χ1v) is 9.64. The summed E-state index contributed by atoms with van der Waals surface area (Å²) in [7, 11) is 1.70. The van der Waals surface area contributed by atoms with Gasteiger partial charge in [-0.3, -0.25) is 9.69 Å². The number of nitrogens with one attached hydrogen (secondary N) is 1. The first kappa shape index (κ1) is 19.2. The Morgan fingerprint density at radius 3 is 2.37 bits per heavy atom. The molecule has 0 aliphatic carbocycles. The number of carbonyl (C=O) groups is 1. The van der Waals surface area contributed by atoms with Crippen LogP contribution >= 0.6 is 0 Å². The molecule has 144 valence electrons. The second kappa shape index (κ2) is 8.91. The summed E-state index contributed by atoms with van der Waals surface area (Å²) in [6, 6.07) is 16.0. The molecule has 1 unspecified atom stereocenters. The van der Waals surface area contributed by atoms with E-state index in [4.69, 9.17) is 4.74 Å². The molecule has 1 saturated heterocycles. The summed E-state index contributed by atoms with van der Waals surface area (Å²) in [4.78, 5) is 17.2. The number of ether oxygens (including phenoxy) is 1. The Labute approximate surface area is 161 Å². The van der Waals surface area contributed by atoms with Crippen molar-refractivity contribution in [3.63, 3.8) is 0 Å². The lowest BCUT2D eigenvalue weighted by molar-refractivity contribution is -0.120. The molecule has 1 aliphatic heterocycles. The van der Waals surface area contributed by atoms with Crippen molar-refractivity contribution < 1.29 is 9.53 Å². The minimum atomic E-state index is -0.157. The minimum absolute atomic E-state index is 0.0463. The second-order valence-electron chi connectivity index (χ2n) is 6.91. The van der Waals surface area contributed by atoms with E-state index in [2.05, 4.69) is 40.2 Å². The summed E-state index contributed by atoms with van der Waals surface area (Å²) in [5.41, 5.74) is 3.25. The van der Waals surface area contributed by atoms with Crippen LogP contribution < -0.4 is 15.0 Å². The highest BCUT2D eigenvalue weighted by molar-refractivity contribution is 5.94. The quantitative estimate of drug-likeness (QED) is 0.850. The maximum Gasteiger partial charge on any atom is 0.241 e. The molecule has 3 rings (SSSR count). The maximum absolute atomic E-state index is 12.6. The van der Waals surface area contributed by atoms with Gasteiger partial charge in [-0.25, -0.2) is 0 Å². The van der Waals surface area contributed by atoms with Crippen LogP contribution in [-0.2, 0) is 11.2 Å². The Morgan fingerprint density at radius 2 is 1.74 bits per heavy atom. The summed E-state index contributed by atoms with van der Waals surface area (Å²) in [5, 5.41) is 3.04. The largest absolute Gasteiger partial charge is 0.495 e. The van der Waals surface area contributed by atoms with Gasteiger partial charge in [-0.1, -0.05) is 31.2 Å². The molecule has 0 aromatic heterocycles. The average Bonchev–Trinajstić information content (AvgIpc) is 2.73. The zero-order valence-electron chi connectivity index (χ0n) is 16.4. The van der Waals surface area contributed by atoms with Crippen LogP contribution in [0.15, 0.2) is 48.5 Å². The van der Waals surface area contributed by atoms with Crippen LogP contribution in [0.3, 0.4) is 0 Å². The summed E-state index contributed by atoms with van der Waals surface area (Å²) in [6.45, 7) is 7.56. The zero-order chi connectivity index (χ0) is 19.2. The molecule has 5 heteroatoms. The topological polar surface area (TPSA) is 44.8 Å². The van der Waals surface area contributed by atoms with Crippen molar-refractivity contribution in [2.75, 3.05) is 43.5 Å². The fourth-order valence-corrected chi connectivity index (χ4v) is 3.48. The number of amides is 1. The van der Waals surface area contributed by atoms with Crippen LogP contribution in [0.25, 0.3) is 0 Å². The van der Waals surface area contributed by atoms with Crippen LogP contribution in [0, 0.1) is 0 Å². The average molecular weight is 367 g/mol. The van der Waals surface area contributed by atoms with Crippen LogP contribution in [0.1, 0.15) is 19.4 Å². The smallest absolute Gasteiger partial charge is 0.241 e. The van der Waals surface area contributed by atoms with Gasteiger partial charge in [0.25, 0.3) is 0 Å². The molecule has 2 aromatic rings. The van der Waals surface area contributed by atoms with Crippen molar-refractivity contribution in [1.29, 1.82) is 0 Å². The van der Waals surface area contributed by atoms with Crippen molar-refractivity contribution >= 4 is 17.3 Å². The van der Waals surface area contributed by atoms with Gasteiger partial charge in [0.2, 0.25) is 5.91 Å². The molecule has 0 spiro atoms. The number of aryl methyl sites for hydroxylation is 1. The molecule has 1 amide bonds. The third-order valence-electron chi connectivity index (χ3n) is 5.30. The van der Waals surface area contributed by atoms with E-state index in [1.165, 1.54) is 5.56 Å². The molecule has 27 heavy (non-hydrogen) atoms. The van der Waals surface area contributed by atoms with Crippen molar-refractivity contribution in [2.24, 2.45) is 0 Å². The van der Waals surface area contributed by atoms with Crippen LogP contribution in [0.5, 0.6) is 5.75 Å². The van der Waals surface area contributed by atoms with Gasteiger partial charge in [-0.15, -0.1) is 0 Å². The van der Waals surface area contributed by atoms with E-state index >= 15 is 0 Å². The molecule has 1 aliphatic rings. The molecule has 1 heterocycles. The summed E-state index contributed by atoms with van der Waals surface area (Å²) in [5.74, 6) is 0.942. The van der Waals surface area contributed by atoms with Gasteiger partial charge in [-0.2, -0.15) is 0 Å². The number of hydrogen-bond donors (Lipinski definition) is 1. The number of methoxy groups -OCH3 is 1. The van der Waals surface area contributed by atoms with Crippen molar-refractivity contribution in [3.8, 4) is 5.75 Å². The molecule has 5 nitrogen and oxygen atoms in total. The second-order valence-corrected chi connectivity index (χ2v) is 6.91. The number of hydrogen-bond acceptors (Lipinski definition) is 4. The Kier molecular flexibility index (Phi) is 6.35. The number of carbonyl (C=O) groups excluding carboxylic acids is 1. The normalized spacial score (nSPS) is 16.0. The Balaban J connectivity index is 1.55. The van der Waals surface area contributed by atoms with E-state index in [9.17, 15) is 4.79 Å². The molecule has 0 bridgehead atoms. The van der Waals surface area contributed by atoms with E-state index < -0.39 is 0 Å². The lowest BCUT2D eigenvalue weighted by Gasteiger charge is -2.38. The molecular formula is C22H29N3O2. The fraction of sp³-hybridized carbons (Fsp3) is 0.409. The number of nitrogens with zero attached hydrogens (tertiary/aromatic N) is 2. The molecule has 0 radical (unpaired) electrons. The maximum atomic E-state index is 12.6. The first-order chi connectivity index (χ1) is 13.1. The number of rotatable bonds is 6. The van der Waals surface area contributed by atoms with Crippen LogP contribution in [0.2, 0.25) is 0 Å². The number of benzene rings is 2. The molecule has 0 saturated carbocycles. The van der Waals surface area contributed by atoms with Crippen LogP contribution in [0.4, 0.5) is 11.4 Å². The minimum Gasteiger partial charge on any atom is -0.495 e. The molecule has 2 aromatic carbocycles. The summed E-state index contributed by atoms with van der Waals surface area (Å²) < 4.78 is 5.47. The highest BCUT2D eigenvalue weighted by atomic mass is 16.5. The molecular weight excluding hydrogens is 338 g/mol. The van der Waals surface area contributed by atoms with Crippen molar-refractivity contribution in [3.05, 3.63) is 54.1 Å². The SMILES string of the molecule is CCc1ccc(NC(=O)C(C)N2CCN(c3ccccc3OC)CC2)cc1. The van der Waals surface area contributed by atoms with E-state index in [1.807, 2.05) is 37.3 Å². The lowest BCUT2D eigenvalue weighted by atomic mass is 10.1. The van der Waals surface area contributed by atoms with E-state index in [0.29, 0.717) is 0 Å². The highest BCUT2D eigenvalue weighted by Crippen LogP contribution is 2.28. The monoisotopic (exact) mass is 367 g/mol. The molecule has 1 N–H and O–H groups in total. The van der Waals surface area contributed by atoms with E-state index in [0.717, 1.165) is 49.7 Å². The van der Waals surface area contributed by atoms with E-state index in [1.54, 1.807) is 7.11 Å². The molecule has 1 atom stereocenters. The zero-order valence-corrected chi connectivity index (χ0v) is 16.4. The number of para-hydroxylation sites is 2.